The summed E-state index contributed by atoms with van der Waals surface area (Å²) in [6.07, 6.45) is 0. The number of hydrogen-bond donors (Lipinski definition) is 2. The highest BCUT2D eigenvalue weighted by Gasteiger charge is 2.23. The zero-order valence-electron chi connectivity index (χ0n) is 10.6. The minimum Gasteiger partial charge on any atom is -0.271 e. The summed E-state index contributed by atoms with van der Waals surface area (Å²) >= 11 is 4.64. The van der Waals surface area contributed by atoms with Crippen molar-refractivity contribution in [1.82, 2.24) is 5.43 Å². The first-order valence-corrected chi connectivity index (χ1v) is 7.27. The third-order valence-corrected chi connectivity index (χ3v) is 4.29. The van der Waals surface area contributed by atoms with Crippen LogP contribution in [-0.2, 0) is 0 Å². The van der Waals surface area contributed by atoms with E-state index in [1.54, 1.807) is 11.8 Å². The molecule has 0 heterocycles. The maximum atomic E-state index is 13.9. The fourth-order valence-electron chi connectivity index (χ4n) is 1.41. The van der Waals surface area contributed by atoms with Gasteiger partial charge < -0.3 is 0 Å². The van der Waals surface area contributed by atoms with Gasteiger partial charge in [-0.2, -0.15) is 11.8 Å². The summed E-state index contributed by atoms with van der Waals surface area (Å²) in [6.45, 7) is 6.12. The number of thioether (sulfide) groups is 1. The molecular weight excluding hydrogens is 322 g/mol. The van der Waals surface area contributed by atoms with Gasteiger partial charge in [0.05, 0.1) is 10.5 Å². The van der Waals surface area contributed by atoms with Crippen molar-refractivity contribution in [2.24, 2.45) is 5.84 Å². The van der Waals surface area contributed by atoms with E-state index in [1.807, 2.05) is 20.8 Å². The van der Waals surface area contributed by atoms with Crippen molar-refractivity contribution in [2.45, 2.75) is 31.6 Å². The van der Waals surface area contributed by atoms with Gasteiger partial charge in [0.1, 0.15) is 11.6 Å². The van der Waals surface area contributed by atoms with Crippen LogP contribution >= 0.6 is 27.7 Å². The smallest absolute Gasteiger partial charge is 0.145 e. The minimum absolute atomic E-state index is 0.00800. The molecule has 2 nitrogen and oxygen atoms in total. The molecule has 1 aromatic carbocycles. The average molecular weight is 339 g/mol. The molecule has 18 heavy (non-hydrogen) atoms. The fraction of sp³-hybridized carbons (Fsp3) is 0.500. The summed E-state index contributed by atoms with van der Waals surface area (Å²) < 4.78 is 27.9. The molecule has 0 spiro atoms. The molecule has 102 valence electrons. The van der Waals surface area contributed by atoms with Gasteiger partial charge in [-0.1, -0.05) is 20.8 Å². The van der Waals surface area contributed by atoms with E-state index in [4.69, 9.17) is 5.84 Å². The lowest BCUT2D eigenvalue weighted by Gasteiger charge is -2.23. The molecule has 6 heteroatoms. The summed E-state index contributed by atoms with van der Waals surface area (Å²) in [7, 11) is 0. The van der Waals surface area contributed by atoms with Crippen LogP contribution in [0.15, 0.2) is 16.6 Å². The number of nitrogens with two attached hydrogens (primary N) is 1. The highest BCUT2D eigenvalue weighted by atomic mass is 79.9. The zero-order chi connectivity index (χ0) is 13.9. The van der Waals surface area contributed by atoms with E-state index in [1.165, 1.54) is 12.1 Å². The van der Waals surface area contributed by atoms with E-state index in [0.717, 1.165) is 0 Å². The second kappa shape index (κ2) is 6.32. The SMILES string of the molecule is CC(C)(C)SCC(NN)c1c(F)ccc(Br)c1F. The fourth-order valence-corrected chi connectivity index (χ4v) is 2.69. The van der Waals surface area contributed by atoms with Crippen molar-refractivity contribution in [1.29, 1.82) is 0 Å². The Morgan fingerprint density at radius 3 is 2.50 bits per heavy atom. The molecule has 3 N–H and O–H groups in total. The van der Waals surface area contributed by atoms with Gasteiger partial charge >= 0.3 is 0 Å². The Hall–Kier alpha value is -0.170. The Balaban J connectivity index is 2.99. The molecule has 0 aromatic heterocycles. The number of benzene rings is 1. The average Bonchev–Trinajstić information content (AvgIpc) is 2.27. The molecule has 1 atom stereocenters. The number of rotatable bonds is 4. The first kappa shape index (κ1) is 15.9. The van der Waals surface area contributed by atoms with Crippen molar-refractivity contribution in [3.63, 3.8) is 0 Å². The van der Waals surface area contributed by atoms with Crippen molar-refractivity contribution in [3.05, 3.63) is 33.8 Å². The summed E-state index contributed by atoms with van der Waals surface area (Å²) in [6, 6.07) is 2.01. The van der Waals surface area contributed by atoms with Crippen molar-refractivity contribution < 1.29 is 8.78 Å². The molecule has 0 saturated heterocycles. The van der Waals surface area contributed by atoms with E-state index in [2.05, 4.69) is 21.4 Å². The summed E-state index contributed by atoms with van der Waals surface area (Å²) in [5.74, 6) is 4.71. The van der Waals surface area contributed by atoms with Gasteiger partial charge in [-0.15, -0.1) is 0 Å². The predicted octanol–water partition coefficient (Wildman–Crippen LogP) is 3.76. The standard InChI is InChI=1S/C12H17BrF2N2S/c1-12(2,3)18-6-9(17-16)10-8(14)5-4-7(13)11(10)15/h4-5,9,17H,6,16H2,1-3H3. The third kappa shape index (κ3) is 4.19. The van der Waals surface area contributed by atoms with Gasteiger partial charge in [-0.25, -0.2) is 8.78 Å². The molecule has 0 saturated carbocycles. The third-order valence-electron chi connectivity index (χ3n) is 2.31. The normalized spacial score (nSPS) is 13.7. The summed E-state index contributed by atoms with van der Waals surface area (Å²) in [5, 5.41) is 0. The number of hydrazine groups is 1. The van der Waals surface area contributed by atoms with Crippen LogP contribution in [-0.4, -0.2) is 10.5 Å². The van der Waals surface area contributed by atoms with Gasteiger partial charge in [-0.3, -0.25) is 11.3 Å². The van der Waals surface area contributed by atoms with E-state index in [-0.39, 0.29) is 14.8 Å². The van der Waals surface area contributed by atoms with E-state index in [9.17, 15) is 8.78 Å². The van der Waals surface area contributed by atoms with Crippen LogP contribution in [0.4, 0.5) is 8.78 Å². The van der Waals surface area contributed by atoms with Gasteiger partial charge in [0.25, 0.3) is 0 Å². The van der Waals surface area contributed by atoms with Gasteiger partial charge in [0.2, 0.25) is 0 Å². The molecule has 0 radical (unpaired) electrons. The van der Waals surface area contributed by atoms with E-state index >= 15 is 0 Å². The van der Waals surface area contributed by atoms with Crippen molar-refractivity contribution in [3.8, 4) is 0 Å². The second-order valence-electron chi connectivity index (χ2n) is 4.90. The van der Waals surface area contributed by atoms with Gasteiger partial charge in [0.15, 0.2) is 0 Å². The van der Waals surface area contributed by atoms with Gasteiger partial charge in [0, 0.05) is 16.1 Å². The molecule has 1 aromatic rings. The Morgan fingerprint density at radius 2 is 2.00 bits per heavy atom. The van der Waals surface area contributed by atoms with Crippen LogP contribution in [0.1, 0.15) is 32.4 Å². The number of nitrogens with one attached hydrogen (secondary N) is 1. The van der Waals surface area contributed by atoms with Crippen LogP contribution < -0.4 is 11.3 Å². The van der Waals surface area contributed by atoms with Crippen LogP contribution in [0.2, 0.25) is 0 Å². The highest BCUT2D eigenvalue weighted by Crippen LogP contribution is 2.32. The Bertz CT molecular complexity index is 421. The monoisotopic (exact) mass is 338 g/mol. The molecule has 0 amide bonds. The topological polar surface area (TPSA) is 38.0 Å². The van der Waals surface area contributed by atoms with Crippen LogP contribution in [0.25, 0.3) is 0 Å². The van der Waals surface area contributed by atoms with Crippen molar-refractivity contribution in [2.75, 3.05) is 5.75 Å². The molecule has 1 unspecified atom stereocenters. The first-order chi connectivity index (χ1) is 8.26. The molecular formula is C12H17BrF2N2S. The van der Waals surface area contributed by atoms with E-state index in [0.29, 0.717) is 5.75 Å². The predicted molar refractivity (Wildman–Crippen MR) is 76.3 cm³/mol. The van der Waals surface area contributed by atoms with Crippen LogP contribution in [0, 0.1) is 11.6 Å². The molecule has 0 aliphatic carbocycles. The lowest BCUT2D eigenvalue weighted by molar-refractivity contribution is 0.496. The largest absolute Gasteiger partial charge is 0.271 e. The van der Waals surface area contributed by atoms with Crippen LogP contribution in [0.5, 0.6) is 0 Å². The first-order valence-electron chi connectivity index (χ1n) is 5.49. The summed E-state index contributed by atoms with van der Waals surface area (Å²) in [4.78, 5) is 0. The van der Waals surface area contributed by atoms with Crippen LogP contribution in [0.3, 0.4) is 0 Å². The molecule has 1 rings (SSSR count). The Labute approximate surface area is 119 Å². The summed E-state index contributed by atoms with van der Waals surface area (Å²) in [5.41, 5.74) is 2.45. The minimum atomic E-state index is -0.604. The molecule has 0 fully saturated rings. The van der Waals surface area contributed by atoms with E-state index < -0.39 is 17.7 Å². The highest BCUT2D eigenvalue weighted by molar-refractivity contribution is 9.10. The second-order valence-corrected chi connectivity index (χ2v) is 7.60. The molecule has 0 bridgehead atoms. The van der Waals surface area contributed by atoms with Crippen molar-refractivity contribution >= 4 is 27.7 Å². The Morgan fingerprint density at radius 1 is 1.39 bits per heavy atom. The van der Waals surface area contributed by atoms with Gasteiger partial charge in [-0.05, 0) is 28.1 Å². The number of hydrogen-bond acceptors (Lipinski definition) is 3. The maximum absolute atomic E-state index is 13.9. The lowest BCUT2D eigenvalue weighted by Crippen LogP contribution is -2.32. The Kier molecular flexibility index (Phi) is 5.58. The molecule has 0 aliphatic heterocycles. The maximum Gasteiger partial charge on any atom is 0.145 e. The number of halogens is 3. The zero-order valence-corrected chi connectivity index (χ0v) is 13.0. The quantitative estimate of drug-likeness (QED) is 0.498. The lowest BCUT2D eigenvalue weighted by atomic mass is 10.1. The molecule has 0 aliphatic rings.